The number of ether oxygens (including phenoxy) is 1. The number of nitrogens with zero attached hydrogens (tertiary/aromatic N) is 1. The van der Waals surface area contributed by atoms with Crippen molar-refractivity contribution in [2.75, 3.05) is 32.2 Å². The van der Waals surface area contributed by atoms with Gasteiger partial charge in [-0.15, -0.1) is 0 Å². The van der Waals surface area contributed by atoms with Crippen LogP contribution in [-0.2, 0) is 16.0 Å². The Balaban J connectivity index is 1.78. The third-order valence-electron chi connectivity index (χ3n) is 4.70. The van der Waals surface area contributed by atoms with E-state index >= 15 is 0 Å². The molecule has 7 heteroatoms. The normalized spacial score (nSPS) is 16.2. The van der Waals surface area contributed by atoms with Crippen molar-refractivity contribution in [2.45, 2.75) is 37.8 Å². The highest BCUT2D eigenvalue weighted by Gasteiger charge is 2.25. The SMILES string of the molecule is COc1ccccc1CC(=O)N1CCC(NC(=O)[C@@H](N)CCSC)CC1. The van der Waals surface area contributed by atoms with Gasteiger partial charge < -0.3 is 20.7 Å². The van der Waals surface area contributed by atoms with Crippen LogP contribution in [0.1, 0.15) is 24.8 Å². The molecule has 0 radical (unpaired) electrons. The molecule has 0 unspecified atom stereocenters. The molecular weight excluding hydrogens is 350 g/mol. The lowest BCUT2D eigenvalue weighted by molar-refractivity contribution is -0.131. The molecule has 144 valence electrons. The molecule has 0 bridgehead atoms. The van der Waals surface area contributed by atoms with Crippen molar-refractivity contribution in [3.05, 3.63) is 29.8 Å². The lowest BCUT2D eigenvalue weighted by Crippen LogP contribution is -2.50. The van der Waals surface area contributed by atoms with Crippen LogP contribution in [0.3, 0.4) is 0 Å². The van der Waals surface area contributed by atoms with Crippen LogP contribution in [0.4, 0.5) is 0 Å². The van der Waals surface area contributed by atoms with Crippen LogP contribution in [0.5, 0.6) is 5.75 Å². The number of methoxy groups -OCH3 is 1. The summed E-state index contributed by atoms with van der Waals surface area (Å²) >= 11 is 1.69. The van der Waals surface area contributed by atoms with Crippen LogP contribution in [0.15, 0.2) is 24.3 Å². The minimum Gasteiger partial charge on any atom is -0.496 e. The van der Waals surface area contributed by atoms with E-state index in [2.05, 4.69) is 5.32 Å². The number of benzene rings is 1. The second-order valence-corrected chi connectivity index (χ2v) is 7.53. The van der Waals surface area contributed by atoms with E-state index in [0.29, 0.717) is 25.9 Å². The molecular formula is C19H29N3O3S. The molecule has 0 spiro atoms. The summed E-state index contributed by atoms with van der Waals surface area (Å²) in [5, 5.41) is 3.02. The largest absolute Gasteiger partial charge is 0.496 e. The highest BCUT2D eigenvalue weighted by molar-refractivity contribution is 7.98. The van der Waals surface area contributed by atoms with Gasteiger partial charge in [-0.1, -0.05) is 18.2 Å². The number of likely N-dealkylation sites (tertiary alicyclic amines) is 1. The summed E-state index contributed by atoms with van der Waals surface area (Å²) in [6.07, 6.45) is 4.55. The first kappa shape index (κ1) is 20.6. The van der Waals surface area contributed by atoms with E-state index in [0.717, 1.165) is 29.9 Å². The van der Waals surface area contributed by atoms with Crippen LogP contribution in [0, 0.1) is 0 Å². The zero-order valence-corrected chi connectivity index (χ0v) is 16.4. The smallest absolute Gasteiger partial charge is 0.237 e. The lowest BCUT2D eigenvalue weighted by atomic mass is 10.0. The number of carbonyl (C=O) groups excluding carboxylic acids is 2. The number of amides is 2. The Labute approximate surface area is 159 Å². The maximum atomic E-state index is 12.6. The molecule has 1 fully saturated rings. The number of para-hydroxylation sites is 1. The Morgan fingerprint density at radius 3 is 2.69 bits per heavy atom. The number of nitrogens with two attached hydrogens (primary N) is 1. The summed E-state index contributed by atoms with van der Waals surface area (Å²) in [6, 6.07) is 7.23. The molecule has 0 aromatic heterocycles. The molecule has 1 aliphatic rings. The quantitative estimate of drug-likeness (QED) is 0.714. The first-order valence-electron chi connectivity index (χ1n) is 8.99. The highest BCUT2D eigenvalue weighted by Crippen LogP contribution is 2.20. The topological polar surface area (TPSA) is 84.7 Å². The Morgan fingerprint density at radius 1 is 1.35 bits per heavy atom. The fourth-order valence-corrected chi connectivity index (χ4v) is 3.57. The van der Waals surface area contributed by atoms with E-state index in [9.17, 15) is 9.59 Å². The van der Waals surface area contributed by atoms with Crippen molar-refractivity contribution in [3.63, 3.8) is 0 Å². The minimum atomic E-state index is -0.451. The molecule has 1 saturated heterocycles. The van der Waals surface area contributed by atoms with E-state index < -0.39 is 6.04 Å². The van der Waals surface area contributed by atoms with Crippen molar-refractivity contribution in [1.82, 2.24) is 10.2 Å². The molecule has 2 amide bonds. The highest BCUT2D eigenvalue weighted by atomic mass is 32.2. The van der Waals surface area contributed by atoms with E-state index in [-0.39, 0.29) is 17.9 Å². The van der Waals surface area contributed by atoms with Crippen LogP contribution in [-0.4, -0.2) is 61.0 Å². The van der Waals surface area contributed by atoms with Gasteiger partial charge in [-0.3, -0.25) is 9.59 Å². The van der Waals surface area contributed by atoms with Crippen LogP contribution in [0.2, 0.25) is 0 Å². The Hall–Kier alpha value is -1.73. The second kappa shape index (κ2) is 10.4. The number of carbonyl (C=O) groups is 2. The summed E-state index contributed by atoms with van der Waals surface area (Å²) in [4.78, 5) is 26.5. The van der Waals surface area contributed by atoms with Gasteiger partial charge in [-0.05, 0) is 37.3 Å². The lowest BCUT2D eigenvalue weighted by Gasteiger charge is -2.33. The molecule has 1 atom stereocenters. The zero-order chi connectivity index (χ0) is 18.9. The van der Waals surface area contributed by atoms with Gasteiger partial charge in [-0.25, -0.2) is 0 Å². The van der Waals surface area contributed by atoms with E-state index in [1.807, 2.05) is 35.4 Å². The molecule has 0 saturated carbocycles. The molecule has 0 aliphatic carbocycles. The first-order chi connectivity index (χ1) is 12.5. The van der Waals surface area contributed by atoms with Crippen LogP contribution >= 0.6 is 11.8 Å². The summed E-state index contributed by atoms with van der Waals surface area (Å²) < 4.78 is 5.31. The maximum absolute atomic E-state index is 12.6. The Bertz CT molecular complexity index is 603. The van der Waals surface area contributed by atoms with Gasteiger partial charge in [0, 0.05) is 24.7 Å². The van der Waals surface area contributed by atoms with E-state index in [1.54, 1.807) is 18.9 Å². The van der Waals surface area contributed by atoms with Gasteiger partial charge in [0.25, 0.3) is 0 Å². The maximum Gasteiger partial charge on any atom is 0.237 e. The standard InChI is InChI=1S/C19H29N3O3S/c1-25-17-6-4-3-5-14(17)13-18(23)22-10-7-15(8-11-22)21-19(24)16(20)9-12-26-2/h3-6,15-16H,7-13,20H2,1-2H3,(H,21,24)/t16-/m0/s1. The summed E-state index contributed by atoms with van der Waals surface area (Å²) in [6.45, 7) is 1.30. The van der Waals surface area contributed by atoms with Crippen molar-refractivity contribution in [3.8, 4) is 5.75 Å². The van der Waals surface area contributed by atoms with Crippen molar-refractivity contribution >= 4 is 23.6 Å². The number of hydrogen-bond donors (Lipinski definition) is 2. The molecule has 1 aromatic carbocycles. The summed E-state index contributed by atoms with van der Waals surface area (Å²) in [7, 11) is 1.61. The van der Waals surface area contributed by atoms with E-state index in [4.69, 9.17) is 10.5 Å². The average Bonchev–Trinajstić information content (AvgIpc) is 2.66. The molecule has 6 nitrogen and oxygen atoms in total. The second-order valence-electron chi connectivity index (χ2n) is 6.54. The van der Waals surface area contributed by atoms with Gasteiger partial charge in [0.05, 0.1) is 19.6 Å². The van der Waals surface area contributed by atoms with Gasteiger partial charge in [-0.2, -0.15) is 11.8 Å². The summed E-state index contributed by atoms with van der Waals surface area (Å²) in [5.41, 5.74) is 6.81. The molecule has 1 heterocycles. The van der Waals surface area contributed by atoms with E-state index in [1.165, 1.54) is 0 Å². The minimum absolute atomic E-state index is 0.0853. The fraction of sp³-hybridized carbons (Fsp3) is 0.579. The predicted octanol–water partition coefficient (Wildman–Crippen LogP) is 1.43. The van der Waals surface area contributed by atoms with Gasteiger partial charge in [0.2, 0.25) is 11.8 Å². The molecule has 3 N–H and O–H groups in total. The summed E-state index contributed by atoms with van der Waals surface area (Å²) in [5.74, 6) is 1.63. The van der Waals surface area contributed by atoms with Crippen LogP contribution in [0.25, 0.3) is 0 Å². The molecule has 26 heavy (non-hydrogen) atoms. The monoisotopic (exact) mass is 379 g/mol. The Kier molecular flexibility index (Phi) is 8.25. The molecule has 1 aromatic rings. The van der Waals surface area contributed by atoms with Gasteiger partial charge >= 0.3 is 0 Å². The fourth-order valence-electron chi connectivity index (χ4n) is 3.08. The van der Waals surface area contributed by atoms with Crippen LogP contribution < -0.4 is 15.8 Å². The number of piperidine rings is 1. The average molecular weight is 380 g/mol. The Morgan fingerprint density at radius 2 is 2.04 bits per heavy atom. The molecule has 1 aliphatic heterocycles. The van der Waals surface area contributed by atoms with Gasteiger partial charge in [0.1, 0.15) is 5.75 Å². The predicted molar refractivity (Wildman–Crippen MR) is 105 cm³/mol. The molecule has 2 rings (SSSR count). The van der Waals surface area contributed by atoms with Crippen molar-refractivity contribution in [2.24, 2.45) is 5.73 Å². The van der Waals surface area contributed by atoms with Gasteiger partial charge in [0.15, 0.2) is 0 Å². The zero-order valence-electron chi connectivity index (χ0n) is 15.6. The third-order valence-corrected chi connectivity index (χ3v) is 5.34. The van der Waals surface area contributed by atoms with Crippen molar-refractivity contribution in [1.29, 1.82) is 0 Å². The first-order valence-corrected chi connectivity index (χ1v) is 10.4. The van der Waals surface area contributed by atoms with Crippen molar-refractivity contribution < 1.29 is 14.3 Å². The third kappa shape index (κ3) is 5.92. The number of thioether (sulfide) groups is 1. The number of nitrogens with one attached hydrogen (secondary N) is 1. The number of rotatable bonds is 8. The number of hydrogen-bond acceptors (Lipinski definition) is 5.